The summed E-state index contributed by atoms with van der Waals surface area (Å²) >= 11 is 0. The Morgan fingerprint density at radius 1 is 1.20 bits per heavy atom. The molecule has 5 heteroatoms. The first-order valence-corrected chi connectivity index (χ1v) is 6.44. The average Bonchev–Trinajstić information content (AvgIpc) is 2.44. The van der Waals surface area contributed by atoms with Crippen LogP contribution in [-0.4, -0.2) is 17.3 Å². The van der Waals surface area contributed by atoms with Crippen LogP contribution in [0.25, 0.3) is 0 Å². The molecule has 0 spiro atoms. The lowest BCUT2D eigenvalue weighted by Gasteiger charge is -2.12. The lowest BCUT2D eigenvalue weighted by atomic mass is 10.1. The topological polar surface area (TPSA) is 70.3 Å². The van der Waals surface area contributed by atoms with Gasteiger partial charge in [0, 0.05) is 19.2 Å². The molecule has 0 aliphatic heterocycles. The van der Waals surface area contributed by atoms with Crippen molar-refractivity contribution >= 4 is 0 Å². The van der Waals surface area contributed by atoms with Gasteiger partial charge >= 0.3 is 0 Å². The maximum atomic E-state index is 5.81. The Balaban J connectivity index is 2.30. The molecule has 0 bridgehead atoms. The number of aryl methyl sites for hydroxylation is 1. The summed E-state index contributed by atoms with van der Waals surface area (Å²) < 4.78 is 10.9. The van der Waals surface area contributed by atoms with Gasteiger partial charge in [0.25, 0.3) is 0 Å². The quantitative estimate of drug-likeness (QED) is 0.906. The third-order valence-corrected chi connectivity index (χ3v) is 3.17. The summed E-state index contributed by atoms with van der Waals surface area (Å²) in [6, 6.07) is 7.68. The molecule has 5 nitrogen and oxygen atoms in total. The number of rotatable bonds is 5. The predicted octanol–water partition coefficient (Wildman–Crippen LogP) is 2.49. The Morgan fingerprint density at radius 3 is 2.70 bits per heavy atom. The standard InChI is InChI=1S/C15H19N3O2/c1-10-11(2)17-18-15(14(10)8-16)20-13-6-4-5-12(7-13)9-19-3/h4-7H,8-9,16H2,1-3H3. The van der Waals surface area contributed by atoms with E-state index >= 15 is 0 Å². The van der Waals surface area contributed by atoms with Gasteiger partial charge in [0.05, 0.1) is 12.3 Å². The molecule has 1 aromatic carbocycles. The molecule has 106 valence electrons. The first-order chi connectivity index (χ1) is 9.65. The van der Waals surface area contributed by atoms with Crippen LogP contribution < -0.4 is 10.5 Å². The van der Waals surface area contributed by atoms with E-state index < -0.39 is 0 Å². The molecule has 2 N–H and O–H groups in total. The van der Waals surface area contributed by atoms with Crippen LogP contribution in [0.3, 0.4) is 0 Å². The molecule has 0 unspecified atom stereocenters. The fourth-order valence-electron chi connectivity index (χ4n) is 1.93. The number of aromatic nitrogens is 2. The highest BCUT2D eigenvalue weighted by molar-refractivity contribution is 5.39. The highest BCUT2D eigenvalue weighted by Crippen LogP contribution is 2.26. The van der Waals surface area contributed by atoms with Crippen LogP contribution in [0, 0.1) is 13.8 Å². The maximum Gasteiger partial charge on any atom is 0.243 e. The van der Waals surface area contributed by atoms with Gasteiger partial charge in [0.15, 0.2) is 0 Å². The van der Waals surface area contributed by atoms with Gasteiger partial charge in [-0.1, -0.05) is 12.1 Å². The van der Waals surface area contributed by atoms with E-state index in [9.17, 15) is 0 Å². The molecule has 1 heterocycles. The zero-order chi connectivity index (χ0) is 14.5. The number of nitrogens with zero attached hydrogens (tertiary/aromatic N) is 2. The summed E-state index contributed by atoms with van der Waals surface area (Å²) in [5.74, 6) is 1.16. The number of hydrogen-bond donors (Lipinski definition) is 1. The zero-order valence-corrected chi connectivity index (χ0v) is 12.0. The smallest absolute Gasteiger partial charge is 0.243 e. The van der Waals surface area contributed by atoms with E-state index in [1.54, 1.807) is 7.11 Å². The Hall–Kier alpha value is -1.98. The molecule has 0 atom stereocenters. The summed E-state index contributed by atoms with van der Waals surface area (Å²) in [4.78, 5) is 0. The molecule has 0 saturated heterocycles. The molecule has 1 aromatic heterocycles. The Labute approximate surface area is 118 Å². The van der Waals surface area contributed by atoms with Crippen LogP contribution in [0.5, 0.6) is 11.6 Å². The van der Waals surface area contributed by atoms with E-state index in [1.165, 1.54) is 0 Å². The SMILES string of the molecule is COCc1cccc(Oc2nnc(C)c(C)c2CN)c1. The van der Waals surface area contributed by atoms with Gasteiger partial charge in [0.2, 0.25) is 5.88 Å². The number of hydrogen-bond acceptors (Lipinski definition) is 5. The van der Waals surface area contributed by atoms with E-state index in [2.05, 4.69) is 10.2 Å². The summed E-state index contributed by atoms with van der Waals surface area (Å²) in [5.41, 5.74) is 9.59. The molecule has 2 rings (SSSR count). The molecular formula is C15H19N3O2. The van der Waals surface area contributed by atoms with Gasteiger partial charge in [-0.05, 0) is 37.1 Å². The molecule has 0 saturated carbocycles. The predicted molar refractivity (Wildman–Crippen MR) is 76.6 cm³/mol. The first-order valence-electron chi connectivity index (χ1n) is 6.44. The van der Waals surface area contributed by atoms with Crippen molar-refractivity contribution in [2.24, 2.45) is 5.73 Å². The molecule has 0 aliphatic carbocycles. The van der Waals surface area contributed by atoms with Crippen molar-refractivity contribution in [1.29, 1.82) is 0 Å². The Kier molecular flexibility index (Phi) is 4.65. The van der Waals surface area contributed by atoms with Crippen LogP contribution in [-0.2, 0) is 17.9 Å². The number of benzene rings is 1. The van der Waals surface area contributed by atoms with Gasteiger partial charge in [-0.25, -0.2) is 0 Å². The van der Waals surface area contributed by atoms with Crippen molar-refractivity contribution in [2.45, 2.75) is 27.0 Å². The summed E-state index contributed by atoms with van der Waals surface area (Å²) in [6.45, 7) is 4.79. The number of methoxy groups -OCH3 is 1. The van der Waals surface area contributed by atoms with Gasteiger partial charge in [-0.2, -0.15) is 5.10 Å². The van der Waals surface area contributed by atoms with E-state index in [1.807, 2.05) is 38.1 Å². The van der Waals surface area contributed by atoms with Crippen LogP contribution in [0.1, 0.15) is 22.4 Å². The fourth-order valence-corrected chi connectivity index (χ4v) is 1.93. The summed E-state index contributed by atoms with van der Waals surface area (Å²) in [6.07, 6.45) is 0. The van der Waals surface area contributed by atoms with Crippen molar-refractivity contribution in [3.8, 4) is 11.6 Å². The fraction of sp³-hybridized carbons (Fsp3) is 0.333. The van der Waals surface area contributed by atoms with Crippen molar-refractivity contribution in [3.05, 3.63) is 46.6 Å². The lowest BCUT2D eigenvalue weighted by molar-refractivity contribution is 0.184. The molecular weight excluding hydrogens is 254 g/mol. The van der Waals surface area contributed by atoms with Crippen molar-refractivity contribution in [1.82, 2.24) is 10.2 Å². The molecule has 20 heavy (non-hydrogen) atoms. The van der Waals surface area contributed by atoms with Crippen molar-refractivity contribution in [2.75, 3.05) is 7.11 Å². The van der Waals surface area contributed by atoms with Crippen molar-refractivity contribution in [3.63, 3.8) is 0 Å². The van der Waals surface area contributed by atoms with Gasteiger partial charge in [-0.3, -0.25) is 0 Å². The normalized spacial score (nSPS) is 10.6. The Bertz CT molecular complexity index is 600. The monoisotopic (exact) mass is 273 g/mol. The van der Waals surface area contributed by atoms with Crippen LogP contribution in [0.2, 0.25) is 0 Å². The third kappa shape index (κ3) is 3.12. The molecule has 0 amide bonds. The minimum Gasteiger partial charge on any atom is -0.437 e. The average molecular weight is 273 g/mol. The highest BCUT2D eigenvalue weighted by Gasteiger charge is 2.12. The van der Waals surface area contributed by atoms with Gasteiger partial charge in [0.1, 0.15) is 5.75 Å². The molecule has 0 fully saturated rings. The molecule has 2 aromatic rings. The van der Waals surface area contributed by atoms with Gasteiger partial charge < -0.3 is 15.2 Å². The van der Waals surface area contributed by atoms with Crippen molar-refractivity contribution < 1.29 is 9.47 Å². The van der Waals surface area contributed by atoms with Crippen LogP contribution in [0.4, 0.5) is 0 Å². The third-order valence-electron chi connectivity index (χ3n) is 3.17. The largest absolute Gasteiger partial charge is 0.437 e. The molecule has 0 aliphatic rings. The second-order valence-corrected chi connectivity index (χ2v) is 4.58. The Morgan fingerprint density at radius 2 is 2.00 bits per heavy atom. The first kappa shape index (κ1) is 14.4. The van der Waals surface area contributed by atoms with Gasteiger partial charge in [-0.15, -0.1) is 5.10 Å². The van der Waals surface area contributed by atoms with E-state index in [-0.39, 0.29) is 0 Å². The van der Waals surface area contributed by atoms with E-state index in [0.717, 1.165) is 22.4 Å². The summed E-state index contributed by atoms with van der Waals surface area (Å²) in [7, 11) is 1.66. The number of nitrogens with two attached hydrogens (primary N) is 1. The highest BCUT2D eigenvalue weighted by atomic mass is 16.5. The van der Waals surface area contributed by atoms with E-state index in [4.69, 9.17) is 15.2 Å². The number of ether oxygens (including phenoxy) is 2. The van der Waals surface area contributed by atoms with Crippen LogP contribution in [0.15, 0.2) is 24.3 Å². The maximum absolute atomic E-state index is 5.81. The van der Waals surface area contributed by atoms with Crippen LogP contribution >= 0.6 is 0 Å². The minimum atomic E-state index is 0.370. The lowest BCUT2D eigenvalue weighted by Crippen LogP contribution is -2.07. The summed E-state index contributed by atoms with van der Waals surface area (Å²) in [5, 5.41) is 8.18. The second-order valence-electron chi connectivity index (χ2n) is 4.58. The molecule has 0 radical (unpaired) electrons. The second kappa shape index (κ2) is 6.45. The zero-order valence-electron chi connectivity index (χ0n) is 12.0. The minimum absolute atomic E-state index is 0.370. The van der Waals surface area contributed by atoms with E-state index in [0.29, 0.717) is 24.8 Å².